The van der Waals surface area contributed by atoms with Crippen LogP contribution in [0.4, 0.5) is 0 Å². The molecule has 1 saturated heterocycles. The van der Waals surface area contributed by atoms with Crippen molar-refractivity contribution in [2.75, 3.05) is 0 Å². The first kappa shape index (κ1) is 5.16. The fourth-order valence-corrected chi connectivity index (χ4v) is 8.81. The van der Waals surface area contributed by atoms with Gasteiger partial charge in [-0.1, -0.05) is 0 Å². The van der Waals surface area contributed by atoms with Gasteiger partial charge in [-0.2, -0.15) is 0 Å². The Morgan fingerprint density at radius 2 is 1.67 bits per heavy atom. The molecule has 0 aromatic rings. The van der Waals surface area contributed by atoms with E-state index in [1.165, 1.54) is 11.3 Å². The van der Waals surface area contributed by atoms with E-state index in [0.29, 0.717) is 9.52 Å². The monoisotopic (exact) mass is 156 g/mol. The fraction of sp³-hybridized carbons (Fsp3) is 1.00. The van der Waals surface area contributed by atoms with E-state index in [9.17, 15) is 0 Å². The quantitative estimate of drug-likeness (QED) is 0.363. The highest BCUT2D eigenvalue weighted by atomic mass is 35.7. The Labute approximate surface area is 50.1 Å². The van der Waals surface area contributed by atoms with Crippen LogP contribution in [0.3, 0.4) is 0 Å². The van der Waals surface area contributed by atoms with Gasteiger partial charge in [0.1, 0.15) is 0 Å². The third-order valence-corrected chi connectivity index (χ3v) is 16.6. The molecule has 0 aromatic carbocycles. The van der Waals surface area contributed by atoms with Crippen molar-refractivity contribution < 1.29 is 0 Å². The molecule has 0 radical (unpaired) electrons. The molecule has 0 bridgehead atoms. The standard InChI is InChI=1S/C2H6Cl2Si2/c3-6(4)1-5-2-6/h1-2,5H2. The lowest BCUT2D eigenvalue weighted by Crippen LogP contribution is -2.34. The second kappa shape index (κ2) is 1.51. The second-order valence-corrected chi connectivity index (χ2v) is 13.0. The maximum absolute atomic E-state index is 5.74. The molecule has 4 heteroatoms. The van der Waals surface area contributed by atoms with Crippen LogP contribution in [0, 0.1) is 0 Å². The van der Waals surface area contributed by atoms with Gasteiger partial charge in [0.2, 0.25) is 6.69 Å². The van der Waals surface area contributed by atoms with Gasteiger partial charge in [0.05, 0.1) is 0 Å². The lowest BCUT2D eigenvalue weighted by atomic mass is 11.8. The first-order chi connectivity index (χ1) is 2.71. The maximum Gasteiger partial charge on any atom is 0.245 e. The third-order valence-electron chi connectivity index (χ3n) is 1.09. The van der Waals surface area contributed by atoms with Crippen molar-refractivity contribution in [1.29, 1.82) is 0 Å². The first-order valence-electron chi connectivity index (χ1n) is 2.09. The Kier molecular flexibility index (Phi) is 1.30. The molecule has 36 valence electrons. The van der Waals surface area contributed by atoms with Crippen LogP contribution in [0.25, 0.3) is 0 Å². The van der Waals surface area contributed by atoms with Gasteiger partial charge in [-0.05, 0) is 11.3 Å². The highest BCUT2D eigenvalue weighted by Crippen LogP contribution is 2.32. The molecule has 0 spiro atoms. The van der Waals surface area contributed by atoms with E-state index in [2.05, 4.69) is 0 Å². The van der Waals surface area contributed by atoms with E-state index in [1.807, 2.05) is 0 Å². The predicted molar refractivity (Wildman–Crippen MR) is 35.6 cm³/mol. The molecule has 0 unspecified atom stereocenters. The average Bonchev–Trinajstić information content (AvgIpc) is 1.32. The molecule has 1 aliphatic rings. The van der Waals surface area contributed by atoms with Crippen LogP contribution < -0.4 is 0 Å². The maximum atomic E-state index is 5.74. The van der Waals surface area contributed by atoms with E-state index in [1.54, 1.807) is 0 Å². The van der Waals surface area contributed by atoms with Crippen molar-refractivity contribution in [3.8, 4) is 0 Å². The summed E-state index contributed by atoms with van der Waals surface area (Å²) in [6, 6.07) is 0. The SMILES string of the molecule is Cl[Si]1(Cl)C[SiH2]C1. The van der Waals surface area contributed by atoms with Gasteiger partial charge in [-0.15, -0.1) is 22.2 Å². The summed E-state index contributed by atoms with van der Waals surface area (Å²) in [5, 5.41) is 0. The van der Waals surface area contributed by atoms with E-state index in [-0.39, 0.29) is 0 Å². The average molecular weight is 157 g/mol. The van der Waals surface area contributed by atoms with E-state index < -0.39 is 6.69 Å². The highest BCUT2D eigenvalue weighted by Gasteiger charge is 2.35. The summed E-state index contributed by atoms with van der Waals surface area (Å²) in [6.07, 6.45) is 0. The normalized spacial score (nSPS) is 29.0. The number of halogens is 2. The van der Waals surface area contributed by atoms with Crippen molar-refractivity contribution in [3.05, 3.63) is 0 Å². The smallest absolute Gasteiger partial charge is 0.146 e. The van der Waals surface area contributed by atoms with Gasteiger partial charge in [0, 0.05) is 9.52 Å². The van der Waals surface area contributed by atoms with Gasteiger partial charge < -0.3 is 0 Å². The van der Waals surface area contributed by atoms with Gasteiger partial charge >= 0.3 is 0 Å². The van der Waals surface area contributed by atoms with Crippen molar-refractivity contribution in [3.63, 3.8) is 0 Å². The lowest BCUT2D eigenvalue weighted by molar-refractivity contribution is 1.65. The molecule has 1 fully saturated rings. The molecule has 1 rings (SSSR count). The number of rotatable bonds is 0. The van der Waals surface area contributed by atoms with Crippen molar-refractivity contribution >= 4 is 38.4 Å². The molecule has 0 atom stereocenters. The minimum absolute atomic E-state index is 0.299. The molecule has 0 nitrogen and oxygen atoms in total. The number of hydrogen-bond donors (Lipinski definition) is 0. The molecule has 0 amide bonds. The van der Waals surface area contributed by atoms with E-state index >= 15 is 0 Å². The van der Waals surface area contributed by atoms with Crippen LogP contribution >= 0.6 is 22.2 Å². The summed E-state index contributed by atoms with van der Waals surface area (Å²) < 4.78 is 0. The van der Waals surface area contributed by atoms with Crippen LogP contribution in [0.2, 0.25) is 11.3 Å². The minimum atomic E-state index is -1.44. The lowest BCUT2D eigenvalue weighted by Gasteiger charge is -2.24. The fourth-order valence-electron chi connectivity index (χ4n) is 0.444. The molecular weight excluding hydrogens is 151 g/mol. The summed E-state index contributed by atoms with van der Waals surface area (Å²) >= 11 is 11.5. The largest absolute Gasteiger partial charge is 0.245 e. The minimum Gasteiger partial charge on any atom is -0.146 e. The van der Waals surface area contributed by atoms with Crippen LogP contribution in [0.15, 0.2) is 0 Å². The molecule has 6 heavy (non-hydrogen) atoms. The molecule has 0 aromatic heterocycles. The predicted octanol–water partition coefficient (Wildman–Crippen LogP) is 1.00. The Hall–Kier alpha value is 1.01. The second-order valence-electron chi connectivity index (χ2n) is 1.71. The molecule has 0 saturated carbocycles. The zero-order chi connectivity index (χ0) is 4.62. The van der Waals surface area contributed by atoms with E-state index in [4.69, 9.17) is 22.2 Å². The topological polar surface area (TPSA) is 0 Å². The zero-order valence-electron chi connectivity index (χ0n) is 3.38. The van der Waals surface area contributed by atoms with Crippen molar-refractivity contribution in [1.82, 2.24) is 0 Å². The van der Waals surface area contributed by atoms with Crippen LogP contribution in [-0.2, 0) is 0 Å². The van der Waals surface area contributed by atoms with Crippen LogP contribution in [-0.4, -0.2) is 16.2 Å². The van der Waals surface area contributed by atoms with E-state index in [0.717, 1.165) is 0 Å². The van der Waals surface area contributed by atoms with Gasteiger partial charge in [-0.3, -0.25) is 0 Å². The summed E-state index contributed by atoms with van der Waals surface area (Å²) in [5.74, 6) is 0. The van der Waals surface area contributed by atoms with Crippen LogP contribution in [0.1, 0.15) is 0 Å². The highest BCUT2D eigenvalue weighted by molar-refractivity contribution is 7.51. The molecular formula is C2H6Cl2Si2. The van der Waals surface area contributed by atoms with Crippen LogP contribution in [0.5, 0.6) is 0 Å². The van der Waals surface area contributed by atoms with Crippen molar-refractivity contribution in [2.45, 2.75) is 11.3 Å². The Morgan fingerprint density at radius 1 is 1.33 bits per heavy atom. The van der Waals surface area contributed by atoms with Gasteiger partial charge in [-0.25, -0.2) is 0 Å². The molecule has 1 aliphatic heterocycles. The Morgan fingerprint density at radius 3 is 1.67 bits per heavy atom. The molecule has 1 heterocycles. The van der Waals surface area contributed by atoms with Gasteiger partial charge in [0.25, 0.3) is 0 Å². The van der Waals surface area contributed by atoms with Crippen molar-refractivity contribution in [2.24, 2.45) is 0 Å². The Balaban J connectivity index is 2.31. The molecule has 0 N–H and O–H groups in total. The summed E-state index contributed by atoms with van der Waals surface area (Å²) in [6.45, 7) is -1.44. The van der Waals surface area contributed by atoms with Gasteiger partial charge in [0.15, 0.2) is 0 Å². The zero-order valence-corrected chi connectivity index (χ0v) is 7.30. The number of hydrogen-bond acceptors (Lipinski definition) is 0. The first-order valence-corrected chi connectivity index (χ1v) is 8.52. The third kappa shape index (κ3) is 0.994. The summed E-state index contributed by atoms with van der Waals surface area (Å²) in [4.78, 5) is 0. The summed E-state index contributed by atoms with van der Waals surface area (Å²) in [7, 11) is 0.299. The summed E-state index contributed by atoms with van der Waals surface area (Å²) in [5.41, 5.74) is 2.52. The Bertz CT molecular complexity index is 56.6. The molecule has 0 aliphatic carbocycles.